The molecular weight excluding hydrogens is 326 g/mol. The van der Waals surface area contributed by atoms with E-state index in [0.29, 0.717) is 19.3 Å². The topological polar surface area (TPSA) is 133 Å². The van der Waals surface area contributed by atoms with E-state index >= 15 is 0 Å². The first-order valence-corrected chi connectivity index (χ1v) is 9.71. The maximum absolute atomic E-state index is 10.2. The highest BCUT2D eigenvalue weighted by Crippen LogP contribution is 2.20. The number of unbranched alkanes of at least 4 members (excludes halogenated alkanes) is 5. The second-order valence-electron chi connectivity index (χ2n) is 7.25. The summed E-state index contributed by atoms with van der Waals surface area (Å²) in [6.07, 6.45) is 5.63. The molecule has 0 bridgehead atoms. The van der Waals surface area contributed by atoms with E-state index in [9.17, 15) is 20.4 Å². The molecule has 7 nitrogen and oxygen atoms in total. The van der Waals surface area contributed by atoms with Gasteiger partial charge >= 0.3 is 0 Å². The third-order valence-electron chi connectivity index (χ3n) is 5.13. The van der Waals surface area contributed by atoms with Gasteiger partial charge in [-0.15, -0.1) is 0 Å². The lowest BCUT2D eigenvalue weighted by molar-refractivity contribution is -0.00443. The molecule has 0 saturated carbocycles. The highest BCUT2D eigenvalue weighted by Gasteiger charge is 2.43. The standard InChI is InChI=1S/C18H37NO6/c20-11-7-9-13(22)8-5-3-1-2-4-6-10-15(23)16-18(25)17(24)14(12-21)19-16/h13-25H,1-12H2/t13-,14+,15+,16+,17+,18+/m1/s1. The Morgan fingerprint density at radius 3 is 1.84 bits per heavy atom. The van der Waals surface area contributed by atoms with E-state index in [1.807, 2.05) is 0 Å². The number of rotatable bonds is 14. The molecule has 1 heterocycles. The van der Waals surface area contributed by atoms with E-state index in [1.54, 1.807) is 0 Å². The van der Waals surface area contributed by atoms with Gasteiger partial charge in [0.2, 0.25) is 0 Å². The van der Waals surface area contributed by atoms with Crippen LogP contribution in [-0.2, 0) is 0 Å². The molecule has 1 aliphatic rings. The van der Waals surface area contributed by atoms with Crippen LogP contribution < -0.4 is 5.32 Å². The van der Waals surface area contributed by atoms with Crippen molar-refractivity contribution in [2.24, 2.45) is 0 Å². The van der Waals surface area contributed by atoms with E-state index in [1.165, 1.54) is 0 Å². The van der Waals surface area contributed by atoms with Gasteiger partial charge in [0.05, 0.1) is 43.1 Å². The first kappa shape index (κ1) is 22.8. The van der Waals surface area contributed by atoms with Crippen molar-refractivity contribution in [2.75, 3.05) is 13.2 Å². The van der Waals surface area contributed by atoms with Crippen molar-refractivity contribution in [2.45, 2.75) is 101 Å². The van der Waals surface area contributed by atoms with Crippen LogP contribution in [0, 0.1) is 0 Å². The van der Waals surface area contributed by atoms with Crippen molar-refractivity contribution in [3.8, 4) is 0 Å². The van der Waals surface area contributed by atoms with Gasteiger partial charge in [-0.1, -0.05) is 38.5 Å². The highest BCUT2D eigenvalue weighted by molar-refractivity contribution is 5.00. The maximum atomic E-state index is 10.2. The molecule has 1 rings (SSSR count). The molecule has 7 heteroatoms. The molecule has 1 saturated heterocycles. The van der Waals surface area contributed by atoms with Crippen molar-refractivity contribution >= 4 is 0 Å². The fourth-order valence-corrected chi connectivity index (χ4v) is 3.49. The number of hydrogen-bond donors (Lipinski definition) is 7. The summed E-state index contributed by atoms with van der Waals surface area (Å²) in [6.45, 7) is -0.133. The van der Waals surface area contributed by atoms with E-state index in [2.05, 4.69) is 5.32 Å². The zero-order chi connectivity index (χ0) is 18.7. The Morgan fingerprint density at radius 1 is 0.720 bits per heavy atom. The third-order valence-corrected chi connectivity index (χ3v) is 5.13. The fraction of sp³-hybridized carbons (Fsp3) is 1.00. The molecule has 0 spiro atoms. The molecule has 7 N–H and O–H groups in total. The Bertz CT molecular complexity index is 333. The Labute approximate surface area is 150 Å². The van der Waals surface area contributed by atoms with Crippen LogP contribution in [0.2, 0.25) is 0 Å². The number of aliphatic hydroxyl groups excluding tert-OH is 6. The van der Waals surface area contributed by atoms with Gasteiger partial charge in [0.15, 0.2) is 0 Å². The summed E-state index contributed by atoms with van der Waals surface area (Å²) in [5, 5.41) is 60.2. The van der Waals surface area contributed by atoms with Crippen molar-refractivity contribution in [3.63, 3.8) is 0 Å². The van der Waals surface area contributed by atoms with Gasteiger partial charge in [0.25, 0.3) is 0 Å². The van der Waals surface area contributed by atoms with Crippen LogP contribution >= 0.6 is 0 Å². The van der Waals surface area contributed by atoms with Gasteiger partial charge < -0.3 is 36.0 Å². The molecule has 150 valence electrons. The van der Waals surface area contributed by atoms with Gasteiger partial charge in [0, 0.05) is 6.61 Å². The quantitative estimate of drug-likeness (QED) is 0.210. The minimum atomic E-state index is -1.05. The Kier molecular flexibility index (Phi) is 11.8. The highest BCUT2D eigenvalue weighted by atomic mass is 16.3. The van der Waals surface area contributed by atoms with Crippen molar-refractivity contribution < 1.29 is 30.6 Å². The van der Waals surface area contributed by atoms with E-state index in [-0.39, 0.29) is 19.3 Å². The van der Waals surface area contributed by atoms with Crippen LogP contribution in [0.5, 0.6) is 0 Å². The summed E-state index contributed by atoms with van der Waals surface area (Å²) in [4.78, 5) is 0. The van der Waals surface area contributed by atoms with Crippen LogP contribution in [0.1, 0.15) is 64.2 Å². The second kappa shape index (κ2) is 13.0. The zero-order valence-corrected chi connectivity index (χ0v) is 15.1. The van der Waals surface area contributed by atoms with Crippen LogP contribution in [-0.4, -0.2) is 80.4 Å². The third kappa shape index (κ3) is 8.30. The molecule has 25 heavy (non-hydrogen) atoms. The lowest BCUT2D eigenvalue weighted by atomic mass is 9.98. The predicted octanol–water partition coefficient (Wildman–Crippen LogP) is -0.344. The summed E-state index contributed by atoms with van der Waals surface area (Å²) in [5.74, 6) is 0. The van der Waals surface area contributed by atoms with E-state index < -0.39 is 30.4 Å². The fourth-order valence-electron chi connectivity index (χ4n) is 3.49. The Balaban J connectivity index is 2.01. The van der Waals surface area contributed by atoms with E-state index in [4.69, 9.17) is 10.2 Å². The molecule has 0 unspecified atom stereocenters. The summed E-state index contributed by atoms with van der Waals surface area (Å²) >= 11 is 0. The van der Waals surface area contributed by atoms with E-state index in [0.717, 1.165) is 44.9 Å². The molecule has 0 amide bonds. The van der Waals surface area contributed by atoms with Gasteiger partial charge in [-0.05, 0) is 25.7 Å². The lowest BCUT2D eigenvalue weighted by Crippen LogP contribution is -2.44. The molecular formula is C18H37NO6. The van der Waals surface area contributed by atoms with Crippen LogP contribution in [0.4, 0.5) is 0 Å². The first-order chi connectivity index (χ1) is 12.0. The lowest BCUT2D eigenvalue weighted by Gasteiger charge is -2.22. The molecule has 0 aromatic heterocycles. The molecule has 0 aromatic rings. The van der Waals surface area contributed by atoms with Crippen LogP contribution in [0.3, 0.4) is 0 Å². The molecule has 6 atom stereocenters. The molecule has 0 aromatic carbocycles. The van der Waals surface area contributed by atoms with Gasteiger partial charge in [-0.2, -0.15) is 0 Å². The number of hydrogen-bond acceptors (Lipinski definition) is 7. The smallest absolute Gasteiger partial charge is 0.0993 e. The summed E-state index contributed by atoms with van der Waals surface area (Å²) < 4.78 is 0. The number of aliphatic hydroxyl groups is 6. The average molecular weight is 363 g/mol. The summed E-state index contributed by atoms with van der Waals surface area (Å²) in [5.41, 5.74) is 0. The van der Waals surface area contributed by atoms with Gasteiger partial charge in [-0.3, -0.25) is 0 Å². The molecule has 0 radical (unpaired) electrons. The minimum absolute atomic E-state index is 0.135. The van der Waals surface area contributed by atoms with Gasteiger partial charge in [0.1, 0.15) is 0 Å². The summed E-state index contributed by atoms with van der Waals surface area (Å²) in [7, 11) is 0. The van der Waals surface area contributed by atoms with Crippen molar-refractivity contribution in [3.05, 3.63) is 0 Å². The van der Waals surface area contributed by atoms with Crippen molar-refractivity contribution in [1.29, 1.82) is 0 Å². The van der Waals surface area contributed by atoms with Crippen LogP contribution in [0.15, 0.2) is 0 Å². The zero-order valence-electron chi connectivity index (χ0n) is 15.1. The second-order valence-corrected chi connectivity index (χ2v) is 7.25. The van der Waals surface area contributed by atoms with Gasteiger partial charge in [-0.25, -0.2) is 0 Å². The minimum Gasteiger partial charge on any atom is -0.396 e. The normalized spacial score (nSPS) is 29.0. The molecule has 1 aliphatic heterocycles. The average Bonchev–Trinajstić information content (AvgIpc) is 2.90. The Morgan fingerprint density at radius 2 is 1.28 bits per heavy atom. The first-order valence-electron chi connectivity index (χ1n) is 9.71. The monoisotopic (exact) mass is 363 g/mol. The Hall–Kier alpha value is -0.280. The number of nitrogens with one attached hydrogen (secondary N) is 1. The molecule has 1 fully saturated rings. The maximum Gasteiger partial charge on any atom is 0.0993 e. The largest absolute Gasteiger partial charge is 0.396 e. The van der Waals surface area contributed by atoms with Crippen LogP contribution in [0.25, 0.3) is 0 Å². The SMILES string of the molecule is OCCC[C@H](O)CCCCCCCC[C@H](O)[C@@H]1N[C@@H](CO)[C@H](O)[C@H]1O. The van der Waals surface area contributed by atoms with Crippen molar-refractivity contribution in [1.82, 2.24) is 5.32 Å². The predicted molar refractivity (Wildman–Crippen MR) is 95.1 cm³/mol. The summed E-state index contributed by atoms with van der Waals surface area (Å²) in [6, 6.07) is -1.17. The molecule has 0 aliphatic carbocycles.